The van der Waals surface area contributed by atoms with E-state index in [0.717, 1.165) is 19.3 Å². The van der Waals surface area contributed by atoms with Crippen LogP contribution in [0.25, 0.3) is 0 Å². The lowest BCUT2D eigenvalue weighted by Crippen LogP contribution is -2.60. The Hall–Kier alpha value is -1.27. The highest BCUT2D eigenvalue weighted by Crippen LogP contribution is 2.22. The molecule has 1 rings (SSSR count). The van der Waals surface area contributed by atoms with E-state index in [-0.39, 0.29) is 0 Å². The second-order valence-electron chi connectivity index (χ2n) is 9.28. The van der Waals surface area contributed by atoms with Crippen LogP contribution in [0.3, 0.4) is 0 Å². The first-order valence-corrected chi connectivity index (χ1v) is 13.1. The Morgan fingerprint density at radius 1 is 0.914 bits per heavy atom. The Labute approximate surface area is 209 Å². The second-order valence-corrected chi connectivity index (χ2v) is 9.28. The van der Waals surface area contributed by atoms with Crippen LogP contribution in [-0.2, 0) is 9.47 Å². The molecule has 1 fully saturated rings. The maximum Gasteiger partial charge on any atom is 0.409 e. The minimum atomic E-state index is -1.73. The van der Waals surface area contributed by atoms with Gasteiger partial charge < -0.3 is 45.4 Å². The molecule has 0 aliphatic carbocycles. The number of ether oxygens (including phenoxy) is 2. The first-order chi connectivity index (χ1) is 16.8. The summed E-state index contributed by atoms with van der Waals surface area (Å²) in [5, 5.41) is 60.7. The van der Waals surface area contributed by atoms with E-state index in [2.05, 4.69) is 12.2 Å². The number of nitrogens with one attached hydrogen (secondary N) is 1. The first-order valence-electron chi connectivity index (χ1n) is 13.1. The first kappa shape index (κ1) is 31.8. The van der Waals surface area contributed by atoms with Crippen molar-refractivity contribution in [3.05, 3.63) is 12.2 Å². The molecule has 1 saturated heterocycles. The third-order valence-corrected chi connectivity index (χ3v) is 6.29. The average Bonchev–Trinajstić information content (AvgIpc) is 2.85. The Bertz CT molecular complexity index is 575. The number of carbonyl (C=O) groups excluding carboxylic acids is 1. The molecule has 0 aromatic carbocycles. The van der Waals surface area contributed by atoms with E-state index in [9.17, 15) is 35.4 Å². The molecule has 1 aliphatic rings. The molecule has 1 amide bonds. The summed E-state index contributed by atoms with van der Waals surface area (Å²) in [6, 6.07) is -1.05. The van der Waals surface area contributed by atoms with E-state index in [0.29, 0.717) is 0 Å². The lowest BCUT2D eigenvalue weighted by atomic mass is 9.99. The van der Waals surface area contributed by atoms with Crippen LogP contribution < -0.4 is 5.32 Å². The normalized spacial score (nSPS) is 26.5. The third-order valence-electron chi connectivity index (χ3n) is 6.29. The van der Waals surface area contributed by atoms with E-state index >= 15 is 0 Å². The number of aliphatic hydroxyl groups is 6. The maximum atomic E-state index is 12.1. The summed E-state index contributed by atoms with van der Waals surface area (Å²) in [7, 11) is 0. The minimum Gasteiger partial charge on any atom is -0.417 e. The van der Waals surface area contributed by atoms with Crippen molar-refractivity contribution in [2.75, 3.05) is 13.2 Å². The van der Waals surface area contributed by atoms with Crippen LogP contribution in [0.15, 0.2) is 12.2 Å². The van der Waals surface area contributed by atoms with Gasteiger partial charge >= 0.3 is 6.09 Å². The molecule has 0 bridgehead atoms. The predicted molar refractivity (Wildman–Crippen MR) is 130 cm³/mol. The van der Waals surface area contributed by atoms with Crippen LogP contribution in [0.5, 0.6) is 0 Å². The van der Waals surface area contributed by atoms with Crippen molar-refractivity contribution >= 4 is 6.09 Å². The van der Waals surface area contributed by atoms with E-state index in [1.807, 2.05) is 6.08 Å². The van der Waals surface area contributed by atoms with Gasteiger partial charge in [-0.3, -0.25) is 0 Å². The number of rotatable bonds is 18. The Morgan fingerprint density at radius 2 is 1.49 bits per heavy atom. The second kappa shape index (κ2) is 18.9. The molecular weight excluding hydrogens is 458 g/mol. The standard InChI is InChI=1S/C25H47NO9/c1-2-3-4-5-6-7-8-9-10-11-12-13-14-15-19(29)18(16-27)26-25(33)35-24-23(32)22(31)21(30)20(17-28)34-24/h14-15,18-24,27-32H,2-13,16-17H2,1H3,(H,26,33)/b15-14+. The van der Waals surface area contributed by atoms with Crippen LogP contribution in [0.1, 0.15) is 84.0 Å². The fourth-order valence-electron chi connectivity index (χ4n) is 3.99. The molecule has 7 atom stereocenters. The zero-order valence-corrected chi connectivity index (χ0v) is 21.0. The Kier molecular flexibility index (Phi) is 17.2. The largest absolute Gasteiger partial charge is 0.417 e. The smallest absolute Gasteiger partial charge is 0.409 e. The topological polar surface area (TPSA) is 169 Å². The van der Waals surface area contributed by atoms with Crippen molar-refractivity contribution in [2.45, 2.75) is 127 Å². The SMILES string of the molecule is CCCCCCCCCCCCC/C=C/C(O)C(CO)NC(=O)OC1OC(CO)C(O)C(O)C1O. The van der Waals surface area contributed by atoms with Crippen molar-refractivity contribution in [3.8, 4) is 0 Å². The molecule has 10 nitrogen and oxygen atoms in total. The molecule has 206 valence electrons. The quantitative estimate of drug-likeness (QED) is 0.108. The van der Waals surface area contributed by atoms with Crippen LogP contribution in [0, 0.1) is 0 Å². The number of alkyl carbamates (subject to hydrolysis) is 1. The van der Waals surface area contributed by atoms with Crippen molar-refractivity contribution in [3.63, 3.8) is 0 Å². The van der Waals surface area contributed by atoms with Gasteiger partial charge in [-0.05, 0) is 12.8 Å². The molecule has 1 heterocycles. The molecule has 0 spiro atoms. The van der Waals surface area contributed by atoms with Gasteiger partial charge in [0.2, 0.25) is 6.29 Å². The molecule has 35 heavy (non-hydrogen) atoms. The number of aliphatic hydroxyl groups excluding tert-OH is 6. The van der Waals surface area contributed by atoms with Gasteiger partial charge in [0, 0.05) is 0 Å². The molecule has 1 aliphatic heterocycles. The molecule has 7 N–H and O–H groups in total. The number of carbonyl (C=O) groups is 1. The number of hydrogen-bond donors (Lipinski definition) is 7. The summed E-state index contributed by atoms with van der Waals surface area (Å²) in [5.74, 6) is 0. The fourth-order valence-corrected chi connectivity index (χ4v) is 3.99. The number of unbranched alkanes of at least 4 members (excludes halogenated alkanes) is 11. The third kappa shape index (κ3) is 12.5. The zero-order chi connectivity index (χ0) is 26.1. The van der Waals surface area contributed by atoms with Crippen molar-refractivity contribution in [1.29, 1.82) is 0 Å². The monoisotopic (exact) mass is 505 g/mol. The van der Waals surface area contributed by atoms with Crippen molar-refractivity contribution in [2.24, 2.45) is 0 Å². The van der Waals surface area contributed by atoms with Crippen LogP contribution in [0.2, 0.25) is 0 Å². The summed E-state index contributed by atoms with van der Waals surface area (Å²) >= 11 is 0. The minimum absolute atomic E-state index is 0.562. The lowest BCUT2D eigenvalue weighted by molar-refractivity contribution is -0.285. The van der Waals surface area contributed by atoms with Gasteiger partial charge in [-0.2, -0.15) is 0 Å². The summed E-state index contributed by atoms with van der Waals surface area (Å²) in [5.41, 5.74) is 0. The van der Waals surface area contributed by atoms with Gasteiger partial charge in [-0.15, -0.1) is 0 Å². The Balaban J connectivity index is 2.24. The zero-order valence-electron chi connectivity index (χ0n) is 21.0. The van der Waals surface area contributed by atoms with Crippen LogP contribution in [0.4, 0.5) is 4.79 Å². The van der Waals surface area contributed by atoms with Gasteiger partial charge in [0.05, 0.1) is 25.4 Å². The molecule has 10 heteroatoms. The number of amides is 1. The molecular formula is C25H47NO9. The molecule has 0 saturated carbocycles. The van der Waals surface area contributed by atoms with Gasteiger partial charge in [-0.1, -0.05) is 83.3 Å². The van der Waals surface area contributed by atoms with Crippen LogP contribution >= 0.6 is 0 Å². The van der Waals surface area contributed by atoms with Crippen molar-refractivity contribution < 1.29 is 44.9 Å². The van der Waals surface area contributed by atoms with Crippen LogP contribution in [-0.4, -0.2) is 92.8 Å². The molecule has 0 aromatic rings. The summed E-state index contributed by atoms with van der Waals surface area (Å²) in [6.45, 7) is 1.01. The molecule has 0 radical (unpaired) electrons. The van der Waals surface area contributed by atoms with Gasteiger partial charge in [0.15, 0.2) is 0 Å². The maximum absolute atomic E-state index is 12.1. The van der Waals surface area contributed by atoms with E-state index in [4.69, 9.17) is 9.47 Å². The average molecular weight is 506 g/mol. The highest BCUT2D eigenvalue weighted by atomic mass is 16.7. The fraction of sp³-hybridized carbons (Fsp3) is 0.880. The predicted octanol–water partition coefficient (Wildman–Crippen LogP) is 1.49. The summed E-state index contributed by atoms with van der Waals surface area (Å²) in [6.07, 6.45) is 7.75. The molecule has 0 aromatic heterocycles. The lowest BCUT2D eigenvalue weighted by Gasteiger charge is -2.39. The van der Waals surface area contributed by atoms with Crippen molar-refractivity contribution in [1.82, 2.24) is 5.32 Å². The van der Waals surface area contributed by atoms with E-state index in [1.165, 1.54) is 63.9 Å². The Morgan fingerprint density at radius 3 is 2.03 bits per heavy atom. The molecule has 7 unspecified atom stereocenters. The van der Waals surface area contributed by atoms with E-state index in [1.54, 1.807) is 0 Å². The van der Waals surface area contributed by atoms with Gasteiger partial charge in [-0.25, -0.2) is 4.79 Å². The summed E-state index contributed by atoms with van der Waals surface area (Å²) < 4.78 is 10.0. The highest BCUT2D eigenvalue weighted by molar-refractivity contribution is 5.68. The highest BCUT2D eigenvalue weighted by Gasteiger charge is 2.45. The number of allylic oxidation sites excluding steroid dienone is 1. The van der Waals surface area contributed by atoms with Gasteiger partial charge in [0.1, 0.15) is 24.4 Å². The van der Waals surface area contributed by atoms with Gasteiger partial charge in [0.25, 0.3) is 0 Å². The summed E-state index contributed by atoms with van der Waals surface area (Å²) in [4.78, 5) is 12.1. The number of hydrogen-bond acceptors (Lipinski definition) is 9. The van der Waals surface area contributed by atoms with E-state index < -0.39 is 62.2 Å².